The Hall–Kier alpha value is -1.36. The standard InChI is InChI=1S/C14H20N4S/c1-9-8-10-11(16-13(15)17-12(10)19-9)18-14(2)6-4-3-5-7-14/h8H,3-7H2,1-2H3,(H3,15,16,17,18). The molecule has 0 spiro atoms. The molecule has 0 atom stereocenters. The minimum atomic E-state index is 0.141. The first-order chi connectivity index (χ1) is 9.06. The van der Waals surface area contributed by atoms with Gasteiger partial charge in [-0.3, -0.25) is 0 Å². The molecule has 4 nitrogen and oxygen atoms in total. The van der Waals surface area contributed by atoms with Crippen molar-refractivity contribution in [2.45, 2.75) is 51.5 Å². The number of nitrogens with two attached hydrogens (primary N) is 1. The van der Waals surface area contributed by atoms with Gasteiger partial charge in [-0.15, -0.1) is 11.3 Å². The van der Waals surface area contributed by atoms with E-state index in [1.165, 1.54) is 37.0 Å². The molecule has 0 amide bonds. The second-order valence-corrected chi connectivity index (χ2v) is 6.99. The highest BCUT2D eigenvalue weighted by Gasteiger charge is 2.27. The molecule has 2 heterocycles. The Bertz CT molecular complexity index is 599. The number of aromatic nitrogens is 2. The molecule has 19 heavy (non-hydrogen) atoms. The van der Waals surface area contributed by atoms with Crippen LogP contribution >= 0.6 is 11.3 Å². The predicted molar refractivity (Wildman–Crippen MR) is 81.7 cm³/mol. The zero-order chi connectivity index (χ0) is 13.5. The van der Waals surface area contributed by atoms with Crippen molar-refractivity contribution in [3.63, 3.8) is 0 Å². The van der Waals surface area contributed by atoms with E-state index in [1.54, 1.807) is 11.3 Å². The number of anilines is 2. The summed E-state index contributed by atoms with van der Waals surface area (Å²) in [6.07, 6.45) is 6.31. The van der Waals surface area contributed by atoms with Gasteiger partial charge >= 0.3 is 0 Å². The smallest absolute Gasteiger partial charge is 0.223 e. The number of aryl methyl sites for hydroxylation is 1. The normalized spacial score (nSPS) is 18.6. The van der Waals surface area contributed by atoms with E-state index in [0.29, 0.717) is 5.95 Å². The van der Waals surface area contributed by atoms with E-state index in [-0.39, 0.29) is 5.54 Å². The van der Waals surface area contributed by atoms with Crippen LogP contribution in [0.5, 0.6) is 0 Å². The van der Waals surface area contributed by atoms with Crippen LogP contribution in [0.3, 0.4) is 0 Å². The first-order valence-electron chi connectivity index (χ1n) is 6.88. The highest BCUT2D eigenvalue weighted by atomic mass is 32.1. The zero-order valence-corrected chi connectivity index (χ0v) is 12.3. The summed E-state index contributed by atoms with van der Waals surface area (Å²) in [7, 11) is 0. The molecule has 102 valence electrons. The van der Waals surface area contributed by atoms with Crippen molar-refractivity contribution in [1.29, 1.82) is 0 Å². The number of hydrogen-bond acceptors (Lipinski definition) is 5. The van der Waals surface area contributed by atoms with Gasteiger partial charge in [0.1, 0.15) is 10.6 Å². The second-order valence-electron chi connectivity index (χ2n) is 5.75. The predicted octanol–water partition coefficient (Wildman–Crippen LogP) is 3.72. The molecular weight excluding hydrogens is 256 g/mol. The third-order valence-electron chi connectivity index (χ3n) is 3.91. The van der Waals surface area contributed by atoms with Gasteiger partial charge in [-0.2, -0.15) is 4.98 Å². The highest BCUT2D eigenvalue weighted by Crippen LogP contribution is 2.35. The van der Waals surface area contributed by atoms with Gasteiger partial charge in [-0.05, 0) is 32.8 Å². The summed E-state index contributed by atoms with van der Waals surface area (Å²) < 4.78 is 0. The Balaban J connectivity index is 1.99. The fraction of sp³-hybridized carbons (Fsp3) is 0.571. The molecule has 0 radical (unpaired) electrons. The van der Waals surface area contributed by atoms with Crippen molar-refractivity contribution in [2.24, 2.45) is 0 Å². The molecule has 0 aliphatic heterocycles. The molecule has 3 rings (SSSR count). The molecule has 2 aromatic heterocycles. The number of nitrogens with one attached hydrogen (secondary N) is 1. The van der Waals surface area contributed by atoms with E-state index in [4.69, 9.17) is 5.73 Å². The Kier molecular flexibility index (Phi) is 3.09. The largest absolute Gasteiger partial charge is 0.368 e. The molecule has 0 unspecified atom stereocenters. The molecule has 1 aliphatic carbocycles. The van der Waals surface area contributed by atoms with Crippen molar-refractivity contribution >= 4 is 33.3 Å². The van der Waals surface area contributed by atoms with Crippen molar-refractivity contribution in [3.05, 3.63) is 10.9 Å². The SMILES string of the molecule is Cc1cc2c(NC3(C)CCCCC3)nc(N)nc2s1. The number of thiophene rings is 1. The summed E-state index contributed by atoms with van der Waals surface area (Å²) in [5.41, 5.74) is 5.97. The second kappa shape index (κ2) is 4.63. The maximum Gasteiger partial charge on any atom is 0.223 e. The van der Waals surface area contributed by atoms with Gasteiger partial charge in [-0.25, -0.2) is 4.98 Å². The van der Waals surface area contributed by atoms with Crippen LogP contribution in [0.1, 0.15) is 43.9 Å². The maximum atomic E-state index is 5.83. The monoisotopic (exact) mass is 276 g/mol. The van der Waals surface area contributed by atoms with Gasteiger partial charge in [0, 0.05) is 10.4 Å². The number of nitrogens with zero attached hydrogens (tertiary/aromatic N) is 2. The summed E-state index contributed by atoms with van der Waals surface area (Å²) in [6.45, 7) is 4.38. The molecule has 2 aromatic rings. The zero-order valence-electron chi connectivity index (χ0n) is 11.5. The first-order valence-corrected chi connectivity index (χ1v) is 7.69. The molecule has 1 fully saturated rings. The highest BCUT2D eigenvalue weighted by molar-refractivity contribution is 7.18. The lowest BCUT2D eigenvalue weighted by atomic mass is 9.83. The minimum Gasteiger partial charge on any atom is -0.368 e. The van der Waals surface area contributed by atoms with E-state index < -0.39 is 0 Å². The Morgan fingerprint density at radius 1 is 1.26 bits per heavy atom. The van der Waals surface area contributed by atoms with Gasteiger partial charge < -0.3 is 11.1 Å². The van der Waals surface area contributed by atoms with E-state index in [9.17, 15) is 0 Å². The van der Waals surface area contributed by atoms with Crippen LogP contribution in [-0.2, 0) is 0 Å². The Labute approximate surface area is 117 Å². The van der Waals surface area contributed by atoms with Crippen molar-refractivity contribution in [1.82, 2.24) is 9.97 Å². The summed E-state index contributed by atoms with van der Waals surface area (Å²) in [5.74, 6) is 1.26. The number of nitrogen functional groups attached to an aromatic ring is 1. The number of fused-ring (bicyclic) bond motifs is 1. The third kappa shape index (κ3) is 2.52. The average Bonchev–Trinajstić information content (AvgIpc) is 2.70. The lowest BCUT2D eigenvalue weighted by molar-refractivity contribution is 0.349. The van der Waals surface area contributed by atoms with Crippen LogP contribution in [0.25, 0.3) is 10.2 Å². The third-order valence-corrected chi connectivity index (χ3v) is 4.85. The van der Waals surface area contributed by atoms with Crippen molar-refractivity contribution < 1.29 is 0 Å². The maximum absolute atomic E-state index is 5.83. The van der Waals surface area contributed by atoms with E-state index in [1.807, 2.05) is 0 Å². The van der Waals surface area contributed by atoms with Gasteiger partial charge in [0.2, 0.25) is 5.95 Å². The van der Waals surface area contributed by atoms with E-state index in [2.05, 4.69) is 35.2 Å². The number of rotatable bonds is 2. The topological polar surface area (TPSA) is 63.8 Å². The van der Waals surface area contributed by atoms with Crippen LogP contribution in [0.2, 0.25) is 0 Å². The van der Waals surface area contributed by atoms with Crippen molar-refractivity contribution in [2.75, 3.05) is 11.1 Å². The molecule has 3 N–H and O–H groups in total. The molecule has 1 aliphatic rings. The van der Waals surface area contributed by atoms with Gasteiger partial charge in [0.05, 0.1) is 5.39 Å². The summed E-state index contributed by atoms with van der Waals surface area (Å²) in [6, 6.07) is 2.15. The molecule has 5 heteroatoms. The van der Waals surface area contributed by atoms with E-state index in [0.717, 1.165) is 16.0 Å². The molecular formula is C14H20N4S. The van der Waals surface area contributed by atoms with Gasteiger partial charge in [-0.1, -0.05) is 19.3 Å². The van der Waals surface area contributed by atoms with Crippen LogP contribution in [0, 0.1) is 6.92 Å². The van der Waals surface area contributed by atoms with Crippen LogP contribution in [-0.4, -0.2) is 15.5 Å². The fourth-order valence-electron chi connectivity index (χ4n) is 2.90. The average molecular weight is 276 g/mol. The first kappa shape index (κ1) is 12.7. The van der Waals surface area contributed by atoms with E-state index >= 15 is 0 Å². The number of hydrogen-bond donors (Lipinski definition) is 2. The minimum absolute atomic E-state index is 0.141. The van der Waals surface area contributed by atoms with Crippen molar-refractivity contribution in [3.8, 4) is 0 Å². The van der Waals surface area contributed by atoms with Gasteiger partial charge in [0.25, 0.3) is 0 Å². The summed E-state index contributed by atoms with van der Waals surface area (Å²) in [4.78, 5) is 11.0. The quantitative estimate of drug-likeness (QED) is 0.877. The van der Waals surface area contributed by atoms with Crippen LogP contribution in [0.4, 0.5) is 11.8 Å². The molecule has 0 saturated heterocycles. The summed E-state index contributed by atoms with van der Waals surface area (Å²) >= 11 is 1.67. The van der Waals surface area contributed by atoms with Crippen LogP contribution < -0.4 is 11.1 Å². The molecule has 0 bridgehead atoms. The molecule has 0 aromatic carbocycles. The molecule has 1 saturated carbocycles. The van der Waals surface area contributed by atoms with Gasteiger partial charge in [0.15, 0.2) is 0 Å². The Morgan fingerprint density at radius 3 is 2.74 bits per heavy atom. The fourth-order valence-corrected chi connectivity index (χ4v) is 3.78. The summed E-state index contributed by atoms with van der Waals surface area (Å²) in [5, 5.41) is 4.73. The lowest BCUT2D eigenvalue weighted by Gasteiger charge is -2.35. The van der Waals surface area contributed by atoms with Crippen LogP contribution in [0.15, 0.2) is 6.07 Å². The lowest BCUT2D eigenvalue weighted by Crippen LogP contribution is -2.37. The Morgan fingerprint density at radius 2 is 2.00 bits per heavy atom.